The molecule has 4 heteroatoms. The molecular formula is C18H23N3O. The fourth-order valence-corrected chi connectivity index (χ4v) is 3.03. The molecule has 1 saturated heterocycles. The Morgan fingerprint density at radius 2 is 1.86 bits per heavy atom. The predicted molar refractivity (Wildman–Crippen MR) is 89.9 cm³/mol. The number of carbonyl (C=O) groups is 1. The van der Waals surface area contributed by atoms with Crippen LogP contribution in [0.4, 0.5) is 5.69 Å². The van der Waals surface area contributed by atoms with Crippen molar-refractivity contribution in [3.63, 3.8) is 0 Å². The number of benzene rings is 1. The lowest BCUT2D eigenvalue weighted by molar-refractivity contribution is -0.130. The number of aromatic nitrogens is 1. The van der Waals surface area contributed by atoms with Crippen molar-refractivity contribution in [1.29, 1.82) is 0 Å². The quantitative estimate of drug-likeness (QED) is 0.940. The molecule has 3 rings (SSSR count). The average molecular weight is 297 g/mol. The van der Waals surface area contributed by atoms with Crippen LogP contribution in [-0.2, 0) is 4.79 Å². The van der Waals surface area contributed by atoms with Crippen molar-refractivity contribution in [3.05, 3.63) is 36.5 Å². The van der Waals surface area contributed by atoms with E-state index in [-0.39, 0.29) is 5.91 Å². The van der Waals surface area contributed by atoms with Gasteiger partial charge in [-0.15, -0.1) is 0 Å². The summed E-state index contributed by atoms with van der Waals surface area (Å²) >= 11 is 0. The summed E-state index contributed by atoms with van der Waals surface area (Å²) in [5, 5.41) is 4.48. The number of amides is 1. The van der Waals surface area contributed by atoms with E-state index in [1.807, 2.05) is 23.1 Å². The molecular weight excluding hydrogens is 274 g/mol. The number of anilines is 1. The second-order valence-electron chi connectivity index (χ2n) is 5.85. The number of para-hydroxylation sites is 1. The zero-order chi connectivity index (χ0) is 15.2. The van der Waals surface area contributed by atoms with Gasteiger partial charge in [0.15, 0.2) is 0 Å². The SMILES string of the molecule is O=C(CCNc1cccc2cccnc12)N1CCCCCC1. The molecule has 4 nitrogen and oxygen atoms in total. The van der Waals surface area contributed by atoms with Crippen LogP contribution >= 0.6 is 0 Å². The summed E-state index contributed by atoms with van der Waals surface area (Å²) in [7, 11) is 0. The predicted octanol–water partition coefficient (Wildman–Crippen LogP) is 3.44. The molecule has 2 heterocycles. The van der Waals surface area contributed by atoms with Gasteiger partial charge < -0.3 is 10.2 Å². The van der Waals surface area contributed by atoms with E-state index in [9.17, 15) is 4.79 Å². The number of nitrogens with one attached hydrogen (secondary N) is 1. The highest BCUT2D eigenvalue weighted by Gasteiger charge is 2.14. The number of nitrogens with zero attached hydrogens (tertiary/aromatic N) is 2. The number of fused-ring (bicyclic) bond motifs is 1. The summed E-state index contributed by atoms with van der Waals surface area (Å²) in [6.45, 7) is 2.51. The highest BCUT2D eigenvalue weighted by Crippen LogP contribution is 2.20. The molecule has 1 aromatic carbocycles. The summed E-state index contributed by atoms with van der Waals surface area (Å²) in [6, 6.07) is 10.1. The van der Waals surface area contributed by atoms with Crippen LogP contribution in [0.25, 0.3) is 10.9 Å². The first-order chi connectivity index (χ1) is 10.8. The van der Waals surface area contributed by atoms with Crippen LogP contribution in [0.15, 0.2) is 36.5 Å². The fraction of sp³-hybridized carbons (Fsp3) is 0.444. The third-order valence-electron chi connectivity index (χ3n) is 4.25. The third-order valence-corrected chi connectivity index (χ3v) is 4.25. The van der Waals surface area contributed by atoms with Gasteiger partial charge in [0, 0.05) is 37.6 Å². The maximum absolute atomic E-state index is 12.3. The number of rotatable bonds is 4. The molecule has 0 saturated carbocycles. The topological polar surface area (TPSA) is 45.2 Å². The van der Waals surface area contributed by atoms with E-state index < -0.39 is 0 Å². The lowest BCUT2D eigenvalue weighted by Crippen LogP contribution is -2.32. The molecule has 1 N–H and O–H groups in total. The van der Waals surface area contributed by atoms with Crippen LogP contribution in [0, 0.1) is 0 Å². The van der Waals surface area contributed by atoms with E-state index in [0.29, 0.717) is 13.0 Å². The lowest BCUT2D eigenvalue weighted by Gasteiger charge is -2.20. The lowest BCUT2D eigenvalue weighted by atomic mass is 10.2. The molecule has 0 atom stereocenters. The first-order valence-electron chi connectivity index (χ1n) is 8.20. The van der Waals surface area contributed by atoms with Gasteiger partial charge >= 0.3 is 0 Å². The van der Waals surface area contributed by atoms with Crippen molar-refractivity contribution in [3.8, 4) is 0 Å². The van der Waals surface area contributed by atoms with Gasteiger partial charge in [0.2, 0.25) is 5.91 Å². The highest BCUT2D eigenvalue weighted by atomic mass is 16.2. The Bertz CT molecular complexity index is 628. The maximum Gasteiger partial charge on any atom is 0.224 e. The molecule has 1 aromatic heterocycles. The molecule has 0 aliphatic carbocycles. The normalized spacial score (nSPS) is 15.5. The zero-order valence-corrected chi connectivity index (χ0v) is 12.9. The molecule has 0 spiro atoms. The van der Waals surface area contributed by atoms with E-state index in [1.165, 1.54) is 12.8 Å². The van der Waals surface area contributed by atoms with Gasteiger partial charge in [-0.1, -0.05) is 31.0 Å². The van der Waals surface area contributed by atoms with Gasteiger partial charge in [0.25, 0.3) is 0 Å². The first kappa shape index (κ1) is 14.8. The number of carbonyl (C=O) groups excluding carboxylic acids is 1. The molecule has 1 amide bonds. The van der Waals surface area contributed by atoms with Crippen LogP contribution in [0.3, 0.4) is 0 Å². The average Bonchev–Trinajstić information content (AvgIpc) is 2.84. The number of hydrogen-bond acceptors (Lipinski definition) is 3. The molecule has 0 unspecified atom stereocenters. The Morgan fingerprint density at radius 3 is 2.68 bits per heavy atom. The second kappa shape index (κ2) is 7.25. The summed E-state index contributed by atoms with van der Waals surface area (Å²) < 4.78 is 0. The van der Waals surface area contributed by atoms with Crippen LogP contribution in [0.5, 0.6) is 0 Å². The minimum absolute atomic E-state index is 0.266. The Hall–Kier alpha value is -2.10. The third kappa shape index (κ3) is 3.56. The highest BCUT2D eigenvalue weighted by molar-refractivity contribution is 5.90. The summed E-state index contributed by atoms with van der Waals surface area (Å²) in [4.78, 5) is 18.7. The van der Waals surface area contributed by atoms with Gasteiger partial charge in [-0.05, 0) is 25.0 Å². The smallest absolute Gasteiger partial charge is 0.224 e. The van der Waals surface area contributed by atoms with E-state index in [4.69, 9.17) is 0 Å². The largest absolute Gasteiger partial charge is 0.383 e. The fourth-order valence-electron chi connectivity index (χ4n) is 3.03. The maximum atomic E-state index is 12.3. The van der Waals surface area contributed by atoms with Crippen molar-refractivity contribution in [2.45, 2.75) is 32.1 Å². The van der Waals surface area contributed by atoms with E-state index >= 15 is 0 Å². The minimum atomic E-state index is 0.266. The summed E-state index contributed by atoms with van der Waals surface area (Å²) in [6.07, 6.45) is 7.14. The Morgan fingerprint density at radius 1 is 1.09 bits per heavy atom. The van der Waals surface area contributed by atoms with Crippen LogP contribution < -0.4 is 5.32 Å². The van der Waals surface area contributed by atoms with Gasteiger partial charge in [-0.25, -0.2) is 0 Å². The Balaban J connectivity index is 1.56. The number of likely N-dealkylation sites (tertiary alicyclic amines) is 1. The molecule has 22 heavy (non-hydrogen) atoms. The van der Waals surface area contributed by atoms with Gasteiger partial charge in [0.05, 0.1) is 11.2 Å². The molecule has 1 fully saturated rings. The molecule has 2 aromatic rings. The number of hydrogen-bond donors (Lipinski definition) is 1. The van der Waals surface area contributed by atoms with Gasteiger partial charge in [-0.2, -0.15) is 0 Å². The summed E-state index contributed by atoms with van der Waals surface area (Å²) in [5.74, 6) is 0.266. The minimum Gasteiger partial charge on any atom is -0.383 e. The van der Waals surface area contributed by atoms with Crippen LogP contribution in [0.1, 0.15) is 32.1 Å². The number of pyridine rings is 1. The van der Waals surface area contributed by atoms with Crippen molar-refractivity contribution in [1.82, 2.24) is 9.88 Å². The Kier molecular flexibility index (Phi) is 4.88. The summed E-state index contributed by atoms with van der Waals surface area (Å²) in [5.41, 5.74) is 1.97. The van der Waals surface area contributed by atoms with Crippen molar-refractivity contribution >= 4 is 22.5 Å². The van der Waals surface area contributed by atoms with Crippen LogP contribution in [-0.4, -0.2) is 35.4 Å². The van der Waals surface area contributed by atoms with E-state index in [0.717, 1.165) is 42.5 Å². The Labute approximate surface area is 131 Å². The van der Waals surface area contributed by atoms with Crippen molar-refractivity contribution in [2.24, 2.45) is 0 Å². The van der Waals surface area contributed by atoms with E-state index in [2.05, 4.69) is 22.4 Å². The second-order valence-corrected chi connectivity index (χ2v) is 5.85. The molecule has 0 radical (unpaired) electrons. The van der Waals surface area contributed by atoms with Gasteiger partial charge in [0.1, 0.15) is 0 Å². The van der Waals surface area contributed by atoms with E-state index in [1.54, 1.807) is 6.20 Å². The monoisotopic (exact) mass is 297 g/mol. The molecule has 116 valence electrons. The molecule has 0 bridgehead atoms. The van der Waals surface area contributed by atoms with Crippen molar-refractivity contribution in [2.75, 3.05) is 25.0 Å². The molecule has 1 aliphatic heterocycles. The van der Waals surface area contributed by atoms with Crippen molar-refractivity contribution < 1.29 is 4.79 Å². The van der Waals surface area contributed by atoms with Gasteiger partial charge in [-0.3, -0.25) is 9.78 Å². The zero-order valence-electron chi connectivity index (χ0n) is 12.9. The standard InChI is InChI=1S/C18H23N3O/c22-17(21-13-3-1-2-4-14-21)10-12-19-16-9-5-7-15-8-6-11-20-18(15)16/h5-9,11,19H,1-4,10,12-14H2. The van der Waals surface area contributed by atoms with Crippen LogP contribution in [0.2, 0.25) is 0 Å². The first-order valence-corrected chi connectivity index (χ1v) is 8.20. The molecule has 1 aliphatic rings.